The summed E-state index contributed by atoms with van der Waals surface area (Å²) in [4.78, 5) is 4.69. The van der Waals surface area contributed by atoms with Crippen LogP contribution in [0.1, 0.15) is 25.0 Å². The SMILES string of the molecule is CC1(C)c2ccccc2-c2ccc(-c3ccc(N(c4ccc(-c5c6ccccc6c(-c6ccccc6)c6ccccc56)cc4)c4ccc(N(c5ccccc5)c5ccccc5)cc4)cc3)cc21. The molecule has 0 spiro atoms. The summed E-state index contributed by atoms with van der Waals surface area (Å²) in [5.74, 6) is 0. The summed E-state index contributed by atoms with van der Waals surface area (Å²) in [5.41, 5.74) is 19.3. The van der Waals surface area contributed by atoms with Crippen molar-refractivity contribution in [2.75, 3.05) is 9.80 Å². The first-order valence-corrected chi connectivity index (χ1v) is 23.3. The Morgan fingerprint density at radius 2 is 0.582 bits per heavy atom. The molecule has 0 amide bonds. The van der Waals surface area contributed by atoms with Crippen LogP contribution in [0.4, 0.5) is 34.1 Å². The van der Waals surface area contributed by atoms with E-state index in [4.69, 9.17) is 0 Å². The maximum atomic E-state index is 2.41. The third kappa shape index (κ3) is 6.97. The third-order valence-corrected chi connectivity index (χ3v) is 13.8. The lowest BCUT2D eigenvalue weighted by Gasteiger charge is -2.28. The van der Waals surface area contributed by atoms with Crippen LogP contribution >= 0.6 is 0 Å². The molecule has 0 fully saturated rings. The highest BCUT2D eigenvalue weighted by molar-refractivity contribution is 6.21. The summed E-state index contributed by atoms with van der Waals surface area (Å²) in [5, 5.41) is 5.00. The molecule has 11 aromatic carbocycles. The molecule has 0 bridgehead atoms. The van der Waals surface area contributed by atoms with Gasteiger partial charge in [-0.15, -0.1) is 0 Å². The highest BCUT2D eigenvalue weighted by Crippen LogP contribution is 2.50. The van der Waals surface area contributed by atoms with E-state index in [1.54, 1.807) is 0 Å². The van der Waals surface area contributed by atoms with Crippen molar-refractivity contribution in [1.82, 2.24) is 0 Å². The lowest BCUT2D eigenvalue weighted by atomic mass is 9.81. The average molecular weight is 857 g/mol. The van der Waals surface area contributed by atoms with Crippen LogP contribution < -0.4 is 9.80 Å². The molecule has 0 radical (unpaired) electrons. The van der Waals surface area contributed by atoms with Crippen molar-refractivity contribution in [2.45, 2.75) is 19.3 Å². The molecular weight excluding hydrogens is 809 g/mol. The number of hydrogen-bond donors (Lipinski definition) is 0. The Morgan fingerprint density at radius 3 is 1.06 bits per heavy atom. The molecule has 0 unspecified atom stereocenters. The van der Waals surface area contributed by atoms with Crippen LogP contribution in [0.5, 0.6) is 0 Å². The zero-order chi connectivity index (χ0) is 44.9. The van der Waals surface area contributed by atoms with E-state index in [1.807, 2.05) is 0 Å². The van der Waals surface area contributed by atoms with Gasteiger partial charge in [0.2, 0.25) is 0 Å². The molecule has 0 aliphatic heterocycles. The van der Waals surface area contributed by atoms with Gasteiger partial charge in [-0.3, -0.25) is 0 Å². The Labute approximate surface area is 393 Å². The second-order valence-corrected chi connectivity index (χ2v) is 18.1. The van der Waals surface area contributed by atoms with Gasteiger partial charge in [0.15, 0.2) is 0 Å². The fraction of sp³-hybridized carbons (Fsp3) is 0.0462. The highest BCUT2D eigenvalue weighted by atomic mass is 15.2. The molecule has 0 N–H and O–H groups in total. The first-order valence-electron chi connectivity index (χ1n) is 23.3. The van der Waals surface area contributed by atoms with Crippen LogP contribution in [0.25, 0.3) is 66.1 Å². The van der Waals surface area contributed by atoms with Crippen molar-refractivity contribution in [2.24, 2.45) is 0 Å². The zero-order valence-corrected chi connectivity index (χ0v) is 37.6. The van der Waals surface area contributed by atoms with E-state index in [1.165, 1.54) is 77.2 Å². The van der Waals surface area contributed by atoms with E-state index in [-0.39, 0.29) is 5.41 Å². The largest absolute Gasteiger partial charge is 0.311 e. The number of hydrogen-bond acceptors (Lipinski definition) is 2. The molecule has 12 rings (SSSR count). The molecule has 0 saturated heterocycles. The number of benzene rings is 11. The zero-order valence-electron chi connectivity index (χ0n) is 37.6. The van der Waals surface area contributed by atoms with E-state index in [0.717, 1.165) is 34.1 Å². The molecule has 2 nitrogen and oxygen atoms in total. The molecule has 1 aliphatic rings. The standard InChI is InChI=1S/C65H48N2/c1-65(2)61-29-17-16-24-55(61)56-43-34-48(44-62(56)65)45-30-35-51(36-31-45)67(54-41-39-53(40-42-54)66(49-20-8-4-9-21-49)50-22-10-5-11-23-50)52-37-32-47(33-38-52)64-59-27-14-12-25-57(59)63(46-18-6-3-7-19-46)58-26-13-15-28-60(58)64/h3-44H,1-2H3. The van der Waals surface area contributed by atoms with Crippen molar-refractivity contribution >= 4 is 55.7 Å². The Kier molecular flexibility index (Phi) is 9.88. The van der Waals surface area contributed by atoms with E-state index in [0.29, 0.717) is 0 Å². The molecule has 67 heavy (non-hydrogen) atoms. The van der Waals surface area contributed by atoms with Crippen molar-refractivity contribution in [1.29, 1.82) is 0 Å². The van der Waals surface area contributed by atoms with Gasteiger partial charge in [-0.2, -0.15) is 0 Å². The summed E-state index contributed by atoms with van der Waals surface area (Å²) in [6, 6.07) is 92.9. The molecule has 2 heteroatoms. The fourth-order valence-corrected chi connectivity index (χ4v) is 10.6. The minimum atomic E-state index is -0.0594. The normalized spacial score (nSPS) is 12.4. The summed E-state index contributed by atoms with van der Waals surface area (Å²) < 4.78 is 0. The van der Waals surface area contributed by atoms with Gasteiger partial charge in [-0.05, 0) is 156 Å². The molecule has 0 aromatic heterocycles. The smallest absolute Gasteiger partial charge is 0.0463 e. The van der Waals surface area contributed by atoms with Gasteiger partial charge >= 0.3 is 0 Å². The minimum Gasteiger partial charge on any atom is -0.311 e. The predicted molar refractivity (Wildman–Crippen MR) is 285 cm³/mol. The summed E-state index contributed by atoms with van der Waals surface area (Å²) in [7, 11) is 0. The first-order chi connectivity index (χ1) is 33.0. The van der Waals surface area contributed by atoms with E-state index in [2.05, 4.69) is 278 Å². The van der Waals surface area contributed by atoms with Gasteiger partial charge in [-0.1, -0.05) is 190 Å². The van der Waals surface area contributed by atoms with Crippen LogP contribution in [-0.4, -0.2) is 0 Å². The van der Waals surface area contributed by atoms with Gasteiger partial charge < -0.3 is 9.80 Å². The van der Waals surface area contributed by atoms with E-state index >= 15 is 0 Å². The Balaban J connectivity index is 0.963. The van der Waals surface area contributed by atoms with Gasteiger partial charge in [0.1, 0.15) is 0 Å². The minimum absolute atomic E-state index is 0.0594. The summed E-state index contributed by atoms with van der Waals surface area (Å²) in [6.07, 6.45) is 0. The number of anilines is 6. The lowest BCUT2D eigenvalue weighted by molar-refractivity contribution is 0.660. The Morgan fingerprint density at radius 1 is 0.254 bits per heavy atom. The highest BCUT2D eigenvalue weighted by Gasteiger charge is 2.35. The summed E-state index contributed by atoms with van der Waals surface area (Å²) >= 11 is 0. The molecular formula is C65H48N2. The van der Waals surface area contributed by atoms with Gasteiger partial charge in [0.05, 0.1) is 0 Å². The first kappa shape index (κ1) is 40.1. The van der Waals surface area contributed by atoms with Gasteiger partial charge in [-0.25, -0.2) is 0 Å². The molecule has 1 aliphatic carbocycles. The van der Waals surface area contributed by atoms with E-state index in [9.17, 15) is 0 Å². The van der Waals surface area contributed by atoms with Crippen molar-refractivity contribution in [3.63, 3.8) is 0 Å². The van der Waals surface area contributed by atoms with Crippen LogP contribution in [0.15, 0.2) is 255 Å². The second-order valence-electron chi connectivity index (χ2n) is 18.1. The molecule has 0 saturated carbocycles. The number of rotatable bonds is 9. The number of fused-ring (bicyclic) bond motifs is 5. The third-order valence-electron chi connectivity index (χ3n) is 13.8. The van der Waals surface area contributed by atoms with Crippen LogP contribution in [0.2, 0.25) is 0 Å². The summed E-state index contributed by atoms with van der Waals surface area (Å²) in [6.45, 7) is 4.70. The lowest BCUT2D eigenvalue weighted by Crippen LogP contribution is -2.14. The topological polar surface area (TPSA) is 6.48 Å². The van der Waals surface area contributed by atoms with Crippen LogP contribution in [-0.2, 0) is 5.41 Å². The van der Waals surface area contributed by atoms with E-state index < -0.39 is 0 Å². The monoisotopic (exact) mass is 856 g/mol. The molecule has 0 atom stereocenters. The predicted octanol–water partition coefficient (Wildman–Crippen LogP) is 18.2. The van der Waals surface area contributed by atoms with Crippen LogP contribution in [0.3, 0.4) is 0 Å². The fourth-order valence-electron chi connectivity index (χ4n) is 10.6. The number of para-hydroxylation sites is 2. The molecule has 318 valence electrons. The quantitative estimate of drug-likeness (QED) is 0.133. The Bertz CT molecular complexity index is 3460. The molecule has 0 heterocycles. The van der Waals surface area contributed by atoms with Crippen molar-refractivity contribution in [3.05, 3.63) is 266 Å². The van der Waals surface area contributed by atoms with Gasteiger partial charge in [0.25, 0.3) is 0 Å². The van der Waals surface area contributed by atoms with Crippen LogP contribution in [0, 0.1) is 0 Å². The Hall–Kier alpha value is -8.46. The molecule has 11 aromatic rings. The maximum absolute atomic E-state index is 2.41. The maximum Gasteiger partial charge on any atom is 0.0463 e. The number of nitrogens with zero attached hydrogens (tertiary/aromatic N) is 2. The van der Waals surface area contributed by atoms with Crippen molar-refractivity contribution < 1.29 is 0 Å². The average Bonchev–Trinajstić information content (AvgIpc) is 3.62. The second kappa shape index (κ2) is 16.5. The van der Waals surface area contributed by atoms with Crippen molar-refractivity contribution in [3.8, 4) is 44.5 Å². The van der Waals surface area contributed by atoms with Gasteiger partial charge in [0, 0.05) is 39.5 Å².